The number of carbonyl (C=O) groups is 1. The van der Waals surface area contributed by atoms with Crippen molar-refractivity contribution >= 4 is 52.1 Å². The Hall–Kier alpha value is -3.86. The van der Waals surface area contributed by atoms with E-state index < -0.39 is 0 Å². The van der Waals surface area contributed by atoms with Gasteiger partial charge in [0, 0.05) is 29.9 Å². The number of thiocarbonyl (C=S) groups is 1. The van der Waals surface area contributed by atoms with Gasteiger partial charge in [0.25, 0.3) is 5.91 Å². The van der Waals surface area contributed by atoms with Gasteiger partial charge in [0.1, 0.15) is 17.2 Å². The largest absolute Gasteiger partial charge is 0.497 e. The second-order valence-electron chi connectivity index (χ2n) is 7.56. The molecule has 0 spiro atoms. The fourth-order valence-electron chi connectivity index (χ4n) is 3.21. The molecule has 12 heteroatoms. The molecule has 3 aromatic carbocycles. The number of aromatic nitrogens is 3. The van der Waals surface area contributed by atoms with Gasteiger partial charge in [-0.1, -0.05) is 46.6 Å². The molecule has 9 nitrogen and oxygen atoms in total. The van der Waals surface area contributed by atoms with Crippen molar-refractivity contribution < 1.29 is 14.3 Å². The number of ether oxygens (including phenoxy) is 2. The summed E-state index contributed by atoms with van der Waals surface area (Å²) in [7, 11) is 1.60. The van der Waals surface area contributed by atoms with E-state index in [4.69, 9.17) is 44.9 Å². The number of benzene rings is 3. The van der Waals surface area contributed by atoms with Gasteiger partial charge in [-0.3, -0.25) is 4.79 Å². The molecule has 0 bridgehead atoms. The maximum atomic E-state index is 12.6. The first-order valence-electron chi connectivity index (χ1n) is 11.0. The van der Waals surface area contributed by atoms with Crippen LogP contribution < -0.4 is 25.4 Å². The molecule has 0 atom stereocenters. The summed E-state index contributed by atoms with van der Waals surface area (Å²) in [5.41, 5.74) is 1.52. The molecule has 1 aromatic heterocycles. The van der Waals surface area contributed by atoms with Gasteiger partial charge < -0.3 is 25.4 Å². The monoisotopic (exact) mass is 556 g/mol. The third kappa shape index (κ3) is 7.10. The zero-order valence-electron chi connectivity index (χ0n) is 19.6. The minimum absolute atomic E-state index is 0.149. The van der Waals surface area contributed by atoms with Crippen LogP contribution in [-0.2, 0) is 0 Å². The second kappa shape index (κ2) is 12.4. The number of hydrogen-bond acceptors (Lipinski definition) is 6. The Labute approximate surface area is 228 Å². The second-order valence-corrected chi connectivity index (χ2v) is 8.81. The number of halogens is 2. The van der Waals surface area contributed by atoms with E-state index >= 15 is 0 Å². The van der Waals surface area contributed by atoms with Gasteiger partial charge >= 0.3 is 0 Å². The maximum Gasteiger partial charge on any atom is 0.273 e. The lowest BCUT2D eigenvalue weighted by atomic mass is 10.3. The van der Waals surface area contributed by atoms with Gasteiger partial charge in [-0.2, -0.15) is 0 Å². The molecule has 4 aromatic rings. The van der Waals surface area contributed by atoms with Crippen LogP contribution in [0.5, 0.6) is 17.2 Å². The van der Waals surface area contributed by atoms with E-state index in [2.05, 4.69) is 26.3 Å². The summed E-state index contributed by atoms with van der Waals surface area (Å²) in [6, 6.07) is 19.5. The quantitative estimate of drug-likeness (QED) is 0.193. The summed E-state index contributed by atoms with van der Waals surface area (Å²) >= 11 is 17.5. The van der Waals surface area contributed by atoms with Crippen molar-refractivity contribution in [3.05, 3.63) is 88.7 Å². The van der Waals surface area contributed by atoms with Crippen LogP contribution >= 0.6 is 35.4 Å². The van der Waals surface area contributed by atoms with Crippen LogP contribution in [0.3, 0.4) is 0 Å². The summed E-state index contributed by atoms with van der Waals surface area (Å²) in [5, 5.41) is 18.2. The van der Waals surface area contributed by atoms with Crippen molar-refractivity contribution in [3.8, 4) is 22.9 Å². The number of carbonyl (C=O) groups excluding carboxylic acids is 1. The van der Waals surface area contributed by atoms with Crippen LogP contribution in [0.25, 0.3) is 5.69 Å². The molecule has 0 aliphatic rings. The zero-order chi connectivity index (χ0) is 26.2. The first-order valence-corrected chi connectivity index (χ1v) is 12.2. The molecule has 0 saturated heterocycles. The fourth-order valence-corrected chi connectivity index (χ4v) is 3.88. The third-order valence-corrected chi connectivity index (χ3v) is 5.75. The molecule has 1 amide bonds. The Morgan fingerprint density at radius 1 is 1.00 bits per heavy atom. The molecule has 4 rings (SSSR count). The van der Waals surface area contributed by atoms with Crippen LogP contribution in [0.2, 0.25) is 10.0 Å². The Morgan fingerprint density at radius 2 is 1.81 bits per heavy atom. The van der Waals surface area contributed by atoms with Crippen LogP contribution in [0.15, 0.2) is 72.9 Å². The molecule has 0 saturated carbocycles. The molecule has 190 valence electrons. The predicted octanol–water partition coefficient (Wildman–Crippen LogP) is 5.09. The van der Waals surface area contributed by atoms with Crippen molar-refractivity contribution in [1.82, 2.24) is 25.6 Å². The molecule has 0 radical (unpaired) electrons. The molecule has 1 heterocycles. The first-order chi connectivity index (χ1) is 17.9. The van der Waals surface area contributed by atoms with E-state index in [-0.39, 0.29) is 11.6 Å². The third-order valence-electron chi connectivity index (χ3n) is 4.98. The minimum atomic E-state index is -0.376. The van der Waals surface area contributed by atoms with Crippen molar-refractivity contribution in [1.29, 1.82) is 0 Å². The number of anilines is 1. The Bertz CT molecular complexity index is 1410. The SMILES string of the molecule is COc1cccc(NC(=S)NCCNC(=O)c2cn(-c3ccccc3Oc3ccc(Cl)cc3Cl)nn2)c1. The van der Waals surface area contributed by atoms with Gasteiger partial charge in [-0.05, 0) is 54.7 Å². The standard InChI is InChI=1S/C25H22Cl2N6O3S/c1-35-18-6-4-5-17(14-18)30-25(37)29-12-11-28-24(34)20-15-33(32-31-20)21-7-2-3-8-23(21)36-22-10-9-16(26)13-19(22)27/h2-10,13-15H,11-12H2,1H3,(H,28,34)(H2,29,30,37). The van der Waals surface area contributed by atoms with E-state index in [1.165, 1.54) is 10.9 Å². The highest BCUT2D eigenvalue weighted by Gasteiger charge is 2.15. The van der Waals surface area contributed by atoms with Gasteiger partial charge in [0.2, 0.25) is 0 Å². The lowest BCUT2D eigenvalue weighted by Gasteiger charge is -2.12. The number of rotatable bonds is 9. The molecular formula is C25H22Cl2N6O3S. The molecule has 37 heavy (non-hydrogen) atoms. The number of nitrogens with zero attached hydrogens (tertiary/aromatic N) is 3. The van der Waals surface area contributed by atoms with E-state index in [9.17, 15) is 4.79 Å². The Morgan fingerprint density at radius 3 is 2.62 bits per heavy atom. The van der Waals surface area contributed by atoms with Gasteiger partial charge in [0.05, 0.1) is 18.3 Å². The highest BCUT2D eigenvalue weighted by molar-refractivity contribution is 7.80. The summed E-state index contributed by atoms with van der Waals surface area (Å²) in [6.07, 6.45) is 1.52. The van der Waals surface area contributed by atoms with Crippen LogP contribution in [0.1, 0.15) is 10.5 Å². The minimum Gasteiger partial charge on any atom is -0.497 e. The van der Waals surface area contributed by atoms with Crippen molar-refractivity contribution in [2.24, 2.45) is 0 Å². The van der Waals surface area contributed by atoms with E-state index in [0.29, 0.717) is 45.4 Å². The number of para-hydroxylation sites is 2. The average Bonchev–Trinajstić information content (AvgIpc) is 3.39. The van der Waals surface area contributed by atoms with E-state index in [0.717, 1.165) is 11.4 Å². The zero-order valence-corrected chi connectivity index (χ0v) is 21.9. The first kappa shape index (κ1) is 26.2. The number of amides is 1. The maximum absolute atomic E-state index is 12.6. The van der Waals surface area contributed by atoms with Gasteiger partial charge in [-0.25, -0.2) is 4.68 Å². The molecule has 3 N–H and O–H groups in total. The van der Waals surface area contributed by atoms with Crippen LogP contribution in [-0.4, -0.2) is 46.2 Å². The van der Waals surface area contributed by atoms with E-state index in [1.54, 1.807) is 37.4 Å². The highest BCUT2D eigenvalue weighted by Crippen LogP contribution is 2.34. The van der Waals surface area contributed by atoms with Crippen LogP contribution in [0.4, 0.5) is 5.69 Å². The molecule has 0 aliphatic carbocycles. The molecular weight excluding hydrogens is 535 g/mol. The molecule has 0 aliphatic heterocycles. The average molecular weight is 557 g/mol. The van der Waals surface area contributed by atoms with Crippen molar-refractivity contribution in [2.75, 3.05) is 25.5 Å². The fraction of sp³-hybridized carbons (Fsp3) is 0.120. The topological polar surface area (TPSA) is 102 Å². The van der Waals surface area contributed by atoms with Crippen LogP contribution in [0, 0.1) is 0 Å². The molecule has 0 fully saturated rings. The number of hydrogen-bond donors (Lipinski definition) is 3. The van der Waals surface area contributed by atoms with Gasteiger partial charge in [-0.15, -0.1) is 5.10 Å². The van der Waals surface area contributed by atoms with Gasteiger partial charge in [0.15, 0.2) is 16.6 Å². The summed E-state index contributed by atoms with van der Waals surface area (Å²) in [4.78, 5) is 12.6. The van der Waals surface area contributed by atoms with Crippen molar-refractivity contribution in [2.45, 2.75) is 0 Å². The molecule has 0 unspecified atom stereocenters. The lowest BCUT2D eigenvalue weighted by molar-refractivity contribution is 0.0949. The summed E-state index contributed by atoms with van der Waals surface area (Å²) < 4.78 is 12.6. The normalized spacial score (nSPS) is 10.5. The highest BCUT2D eigenvalue weighted by atomic mass is 35.5. The summed E-state index contributed by atoms with van der Waals surface area (Å²) in [5.74, 6) is 1.25. The van der Waals surface area contributed by atoms with E-state index in [1.807, 2.05) is 36.4 Å². The smallest absolute Gasteiger partial charge is 0.273 e. The Kier molecular flexibility index (Phi) is 8.78. The number of methoxy groups -OCH3 is 1. The van der Waals surface area contributed by atoms with Crippen molar-refractivity contribution in [3.63, 3.8) is 0 Å². The lowest BCUT2D eigenvalue weighted by Crippen LogP contribution is -2.36. The summed E-state index contributed by atoms with van der Waals surface area (Å²) in [6.45, 7) is 0.731. The Balaban J connectivity index is 1.31. The predicted molar refractivity (Wildman–Crippen MR) is 147 cm³/mol. The number of nitrogens with one attached hydrogen (secondary N) is 3.